The minimum atomic E-state index is -4.51. The van der Waals surface area contributed by atoms with Crippen molar-refractivity contribution >= 4 is 0 Å². The first kappa shape index (κ1) is 12.0. The molecule has 0 aliphatic rings. The third-order valence-corrected chi connectivity index (χ3v) is 1.43. The molecule has 0 bridgehead atoms. The van der Waals surface area contributed by atoms with Crippen LogP contribution >= 0.6 is 0 Å². The molecule has 0 aromatic rings. The lowest BCUT2D eigenvalue weighted by molar-refractivity contribution is -0.0892. The Hall–Kier alpha value is -1.00. The van der Waals surface area contributed by atoms with E-state index in [0.29, 0.717) is 12.6 Å². The second kappa shape index (κ2) is 4.89. The Bertz CT molecular complexity index is 205. The van der Waals surface area contributed by atoms with Crippen molar-refractivity contribution in [2.24, 2.45) is 0 Å². The van der Waals surface area contributed by atoms with Crippen LogP contribution in [0.5, 0.6) is 0 Å². The molecule has 0 fully saturated rings. The van der Waals surface area contributed by atoms with Gasteiger partial charge in [0.05, 0.1) is 11.9 Å². The lowest BCUT2D eigenvalue weighted by Gasteiger charge is -2.14. The Morgan fingerprint density at radius 2 is 1.92 bits per heavy atom. The molecule has 1 nitrogen and oxygen atoms in total. The van der Waals surface area contributed by atoms with Crippen molar-refractivity contribution in [3.05, 3.63) is 24.2 Å². The number of hydrogen-bond donors (Lipinski definition) is 0. The summed E-state index contributed by atoms with van der Waals surface area (Å²) < 4.78 is 47.9. The lowest BCUT2D eigenvalue weighted by Crippen LogP contribution is -2.16. The van der Waals surface area contributed by atoms with Gasteiger partial charge in [-0.2, -0.15) is 13.2 Å². The molecule has 0 aliphatic carbocycles. The van der Waals surface area contributed by atoms with Gasteiger partial charge in [-0.3, -0.25) is 0 Å². The van der Waals surface area contributed by atoms with Gasteiger partial charge in [0, 0.05) is 19.8 Å². The zero-order chi connectivity index (χ0) is 10.5. The maximum absolute atomic E-state index is 12.1. The molecule has 0 unspecified atom stereocenters. The summed E-state index contributed by atoms with van der Waals surface area (Å²) in [5.74, 6) is 0. The SMILES string of the molecule is CCN(C)/C=C(\C=C\F)C(F)(F)F. The van der Waals surface area contributed by atoms with E-state index in [1.54, 1.807) is 6.92 Å². The third kappa shape index (κ3) is 4.55. The molecule has 0 amide bonds. The molecule has 0 N–H and O–H groups in total. The van der Waals surface area contributed by atoms with Crippen LogP contribution in [0, 0.1) is 0 Å². The van der Waals surface area contributed by atoms with Gasteiger partial charge < -0.3 is 4.90 Å². The number of allylic oxidation sites excluding steroid dienone is 2. The van der Waals surface area contributed by atoms with E-state index in [1.165, 1.54) is 11.9 Å². The second-order valence-corrected chi connectivity index (χ2v) is 2.45. The van der Waals surface area contributed by atoms with Crippen LogP contribution in [0.1, 0.15) is 6.92 Å². The van der Waals surface area contributed by atoms with Crippen molar-refractivity contribution in [2.75, 3.05) is 13.6 Å². The lowest BCUT2D eigenvalue weighted by atomic mass is 10.2. The number of alkyl halides is 3. The van der Waals surface area contributed by atoms with E-state index >= 15 is 0 Å². The normalized spacial score (nSPS) is 13.8. The minimum absolute atomic E-state index is 0.122. The van der Waals surface area contributed by atoms with E-state index in [0.717, 1.165) is 6.20 Å². The van der Waals surface area contributed by atoms with Crippen molar-refractivity contribution in [1.29, 1.82) is 0 Å². The molecule has 5 heteroatoms. The highest BCUT2D eigenvalue weighted by molar-refractivity contribution is 5.21. The zero-order valence-electron chi connectivity index (χ0n) is 7.40. The first-order valence-corrected chi connectivity index (χ1v) is 3.67. The maximum atomic E-state index is 12.1. The average molecular weight is 197 g/mol. The van der Waals surface area contributed by atoms with Gasteiger partial charge >= 0.3 is 6.18 Å². The van der Waals surface area contributed by atoms with Gasteiger partial charge in [0.2, 0.25) is 0 Å². The van der Waals surface area contributed by atoms with E-state index in [2.05, 4.69) is 0 Å². The molecule has 0 spiro atoms. The Kier molecular flexibility index (Phi) is 4.51. The van der Waals surface area contributed by atoms with Crippen molar-refractivity contribution in [3.63, 3.8) is 0 Å². The topological polar surface area (TPSA) is 3.24 Å². The van der Waals surface area contributed by atoms with Crippen LogP contribution in [0.25, 0.3) is 0 Å². The Morgan fingerprint density at radius 1 is 1.38 bits per heavy atom. The number of halogens is 4. The van der Waals surface area contributed by atoms with Gasteiger partial charge in [-0.25, -0.2) is 4.39 Å². The molecule has 0 atom stereocenters. The molecule has 0 aromatic carbocycles. The third-order valence-electron chi connectivity index (χ3n) is 1.43. The van der Waals surface area contributed by atoms with Crippen LogP contribution in [-0.2, 0) is 0 Å². The molecule has 0 heterocycles. The summed E-state index contributed by atoms with van der Waals surface area (Å²) in [5, 5.41) is 0. The quantitative estimate of drug-likeness (QED) is 0.496. The van der Waals surface area contributed by atoms with Crippen molar-refractivity contribution in [2.45, 2.75) is 13.1 Å². The van der Waals surface area contributed by atoms with E-state index in [-0.39, 0.29) is 6.33 Å². The molecular formula is C8H11F4N. The van der Waals surface area contributed by atoms with Crippen LogP contribution in [-0.4, -0.2) is 24.7 Å². The predicted octanol–water partition coefficient (Wildman–Crippen LogP) is 2.87. The van der Waals surface area contributed by atoms with E-state index in [9.17, 15) is 17.6 Å². The van der Waals surface area contributed by atoms with Gasteiger partial charge in [-0.05, 0) is 13.0 Å². The van der Waals surface area contributed by atoms with E-state index in [4.69, 9.17) is 0 Å². The van der Waals surface area contributed by atoms with Gasteiger partial charge in [0.15, 0.2) is 0 Å². The Labute approximate surface area is 74.3 Å². The van der Waals surface area contributed by atoms with Crippen LogP contribution in [0.15, 0.2) is 24.2 Å². The van der Waals surface area contributed by atoms with Gasteiger partial charge in [-0.15, -0.1) is 0 Å². The molecular weight excluding hydrogens is 186 g/mol. The second-order valence-electron chi connectivity index (χ2n) is 2.45. The zero-order valence-corrected chi connectivity index (χ0v) is 7.40. The van der Waals surface area contributed by atoms with Crippen LogP contribution in [0.2, 0.25) is 0 Å². The fourth-order valence-corrected chi connectivity index (χ4v) is 0.607. The molecule has 0 aliphatic heterocycles. The highest BCUT2D eigenvalue weighted by atomic mass is 19.4. The fourth-order valence-electron chi connectivity index (χ4n) is 0.607. The first-order chi connectivity index (χ1) is 5.91. The molecule has 0 saturated carbocycles. The summed E-state index contributed by atoms with van der Waals surface area (Å²) in [6.45, 7) is 2.13. The highest BCUT2D eigenvalue weighted by Gasteiger charge is 2.32. The fraction of sp³-hybridized carbons (Fsp3) is 0.500. The maximum Gasteiger partial charge on any atom is 0.417 e. The first-order valence-electron chi connectivity index (χ1n) is 3.67. The van der Waals surface area contributed by atoms with Crippen LogP contribution < -0.4 is 0 Å². The Balaban J connectivity index is 4.70. The van der Waals surface area contributed by atoms with Gasteiger partial charge in [0.25, 0.3) is 0 Å². The summed E-state index contributed by atoms with van der Waals surface area (Å²) in [4.78, 5) is 1.32. The number of hydrogen-bond acceptors (Lipinski definition) is 1. The molecule has 0 saturated heterocycles. The Morgan fingerprint density at radius 3 is 2.23 bits per heavy atom. The molecule has 0 aromatic heterocycles. The highest BCUT2D eigenvalue weighted by Crippen LogP contribution is 2.26. The number of rotatable bonds is 3. The molecule has 0 radical (unpaired) electrons. The molecule has 76 valence electrons. The van der Waals surface area contributed by atoms with Crippen molar-refractivity contribution < 1.29 is 17.6 Å². The summed E-state index contributed by atoms with van der Waals surface area (Å²) in [5.41, 5.74) is -1.00. The van der Waals surface area contributed by atoms with Crippen LogP contribution in [0.4, 0.5) is 17.6 Å². The molecule has 0 rings (SSSR count). The standard InChI is InChI=1S/C8H11F4N/c1-3-13(2)6-7(4-5-9)8(10,11)12/h4-6H,3H2,1-2H3/b5-4+,7-6+. The predicted molar refractivity (Wildman–Crippen MR) is 42.7 cm³/mol. The summed E-state index contributed by atoms with van der Waals surface area (Å²) in [7, 11) is 1.48. The number of nitrogens with zero attached hydrogens (tertiary/aromatic N) is 1. The van der Waals surface area contributed by atoms with Gasteiger partial charge in [0.1, 0.15) is 0 Å². The van der Waals surface area contributed by atoms with Crippen molar-refractivity contribution in [1.82, 2.24) is 4.90 Å². The van der Waals surface area contributed by atoms with E-state index in [1.807, 2.05) is 0 Å². The average Bonchev–Trinajstić information content (AvgIpc) is 2.01. The summed E-state index contributed by atoms with van der Waals surface area (Å²) in [6, 6.07) is 0. The van der Waals surface area contributed by atoms with Crippen LogP contribution in [0.3, 0.4) is 0 Å². The smallest absolute Gasteiger partial charge is 0.380 e. The monoisotopic (exact) mass is 197 g/mol. The largest absolute Gasteiger partial charge is 0.417 e. The molecule has 13 heavy (non-hydrogen) atoms. The van der Waals surface area contributed by atoms with Gasteiger partial charge in [-0.1, -0.05) is 0 Å². The summed E-state index contributed by atoms with van der Waals surface area (Å²) in [6.07, 6.45) is -3.38. The van der Waals surface area contributed by atoms with E-state index < -0.39 is 11.7 Å². The van der Waals surface area contributed by atoms with Crippen molar-refractivity contribution in [3.8, 4) is 0 Å². The minimum Gasteiger partial charge on any atom is -0.380 e. The summed E-state index contributed by atoms with van der Waals surface area (Å²) >= 11 is 0.